The van der Waals surface area contributed by atoms with Crippen molar-refractivity contribution in [2.24, 2.45) is 0 Å². The van der Waals surface area contributed by atoms with Crippen molar-refractivity contribution in [3.8, 4) is 0 Å². The number of alkyl halides is 2. The summed E-state index contributed by atoms with van der Waals surface area (Å²) in [6.07, 6.45) is 2.86. The van der Waals surface area contributed by atoms with Crippen molar-refractivity contribution < 1.29 is 18.7 Å². The molecule has 25 heavy (non-hydrogen) atoms. The van der Waals surface area contributed by atoms with E-state index in [9.17, 15) is 13.6 Å². The first-order valence-electron chi connectivity index (χ1n) is 7.13. The Morgan fingerprint density at radius 2 is 1.80 bits per heavy atom. The van der Waals surface area contributed by atoms with E-state index >= 15 is 0 Å². The summed E-state index contributed by atoms with van der Waals surface area (Å²) in [7, 11) is 0. The summed E-state index contributed by atoms with van der Waals surface area (Å²) in [5.41, 5.74) is 0.970. The molecular formula is C18H13BrCl2F2O2. The van der Waals surface area contributed by atoms with Crippen LogP contribution in [0.3, 0.4) is 0 Å². The van der Waals surface area contributed by atoms with Gasteiger partial charge < -0.3 is 5.11 Å². The Kier molecular flexibility index (Phi) is 6.25. The molecule has 0 saturated carbocycles. The van der Waals surface area contributed by atoms with Crippen molar-refractivity contribution in [1.29, 1.82) is 0 Å². The highest BCUT2D eigenvalue weighted by atomic mass is 79.9. The summed E-state index contributed by atoms with van der Waals surface area (Å²) in [4.78, 5) is 11.0. The van der Waals surface area contributed by atoms with Gasteiger partial charge in [0.1, 0.15) is 0 Å². The largest absolute Gasteiger partial charge is 0.478 e. The van der Waals surface area contributed by atoms with Crippen LogP contribution in [0.4, 0.5) is 8.78 Å². The van der Waals surface area contributed by atoms with Gasteiger partial charge in [0.15, 0.2) is 0 Å². The van der Waals surface area contributed by atoms with Gasteiger partial charge in [0.05, 0.1) is 11.5 Å². The van der Waals surface area contributed by atoms with Crippen molar-refractivity contribution in [1.82, 2.24) is 0 Å². The lowest BCUT2D eigenvalue weighted by Crippen LogP contribution is -2.20. The second kappa shape index (κ2) is 7.85. The maximum atomic E-state index is 14.1. The lowest BCUT2D eigenvalue weighted by atomic mass is 9.92. The molecule has 0 amide bonds. The van der Waals surface area contributed by atoms with Gasteiger partial charge >= 0.3 is 5.97 Å². The maximum Gasteiger partial charge on any atom is 0.336 e. The molecule has 0 saturated heterocycles. The Labute approximate surface area is 162 Å². The van der Waals surface area contributed by atoms with Gasteiger partial charge in [-0.2, -0.15) is 0 Å². The molecule has 132 valence electrons. The molecule has 0 bridgehead atoms. The molecule has 0 aromatic heterocycles. The first-order valence-corrected chi connectivity index (χ1v) is 8.67. The van der Waals surface area contributed by atoms with Crippen LogP contribution in [0.5, 0.6) is 0 Å². The Bertz CT molecular complexity index is 812. The number of aromatic carboxylic acids is 1. The molecule has 0 aliphatic heterocycles. The minimum atomic E-state index is -3.04. The first kappa shape index (κ1) is 19.9. The maximum absolute atomic E-state index is 14.1. The molecule has 0 heterocycles. The van der Waals surface area contributed by atoms with Crippen molar-refractivity contribution in [3.05, 3.63) is 73.7 Å². The molecule has 2 aromatic rings. The number of allylic oxidation sites excluding steroid dienone is 1. The summed E-state index contributed by atoms with van der Waals surface area (Å²) in [5.74, 6) is -5.35. The van der Waals surface area contributed by atoms with Crippen LogP contribution in [0.15, 0.2) is 46.9 Å². The molecular weight excluding hydrogens is 437 g/mol. The molecule has 7 heteroatoms. The number of benzene rings is 2. The van der Waals surface area contributed by atoms with E-state index in [1.165, 1.54) is 36.4 Å². The van der Waals surface area contributed by atoms with E-state index in [1.54, 1.807) is 12.1 Å². The normalized spacial score (nSPS) is 13.2. The van der Waals surface area contributed by atoms with Gasteiger partial charge in [0, 0.05) is 21.4 Å². The average Bonchev–Trinajstić information content (AvgIpc) is 2.44. The molecule has 0 aliphatic carbocycles. The lowest BCUT2D eigenvalue weighted by Gasteiger charge is -2.21. The van der Waals surface area contributed by atoms with Gasteiger partial charge in [0.2, 0.25) is 0 Å². The van der Waals surface area contributed by atoms with Crippen LogP contribution in [0, 0.1) is 0 Å². The van der Waals surface area contributed by atoms with Crippen molar-refractivity contribution in [2.45, 2.75) is 18.8 Å². The Morgan fingerprint density at radius 3 is 2.28 bits per heavy atom. The van der Waals surface area contributed by atoms with E-state index in [2.05, 4.69) is 15.9 Å². The summed E-state index contributed by atoms with van der Waals surface area (Å²) in [5, 5.41) is 9.56. The quantitative estimate of drug-likeness (QED) is 0.538. The summed E-state index contributed by atoms with van der Waals surface area (Å²) in [6, 6.07) is 8.87. The van der Waals surface area contributed by atoms with E-state index in [-0.39, 0.29) is 15.6 Å². The smallest absolute Gasteiger partial charge is 0.336 e. The highest BCUT2D eigenvalue weighted by Gasteiger charge is 2.33. The van der Waals surface area contributed by atoms with Gasteiger partial charge in [-0.1, -0.05) is 41.4 Å². The van der Waals surface area contributed by atoms with Crippen LogP contribution in [0.1, 0.15) is 34.3 Å². The molecule has 0 aliphatic rings. The number of hydrogen-bond donors (Lipinski definition) is 1. The highest BCUT2D eigenvalue weighted by Crippen LogP contribution is 2.37. The predicted molar refractivity (Wildman–Crippen MR) is 100.0 cm³/mol. The number of hydrogen-bond acceptors (Lipinski definition) is 1. The lowest BCUT2D eigenvalue weighted by molar-refractivity contribution is 0.00698. The molecule has 2 aromatic carbocycles. The monoisotopic (exact) mass is 448 g/mol. The standard InChI is InChI=1S/C18H13BrCl2F2O2/c1-18(22,23)15(11-7-12(20)9-13(21)8-11)5-3-10-2-4-14(17(24)25)16(19)6-10/h2-9,15H,1H3,(H,24,25)/b5-3+. The third-order valence-electron chi connectivity index (χ3n) is 3.49. The van der Waals surface area contributed by atoms with Crippen molar-refractivity contribution in [2.75, 3.05) is 0 Å². The number of carboxylic acids is 1. The predicted octanol–water partition coefficient (Wildman–Crippen LogP) is 6.91. The highest BCUT2D eigenvalue weighted by molar-refractivity contribution is 9.10. The summed E-state index contributed by atoms with van der Waals surface area (Å²) in [6.45, 7) is 0.820. The van der Waals surface area contributed by atoms with Gasteiger partial charge in [-0.25, -0.2) is 13.6 Å². The van der Waals surface area contributed by atoms with E-state index in [0.717, 1.165) is 6.92 Å². The SMILES string of the molecule is CC(F)(F)C(/C=C/c1ccc(C(=O)O)c(Br)c1)c1cc(Cl)cc(Cl)c1. The zero-order chi connectivity index (χ0) is 18.8. The molecule has 0 fully saturated rings. The first-order chi connectivity index (χ1) is 11.6. The van der Waals surface area contributed by atoms with Crippen molar-refractivity contribution >= 4 is 51.2 Å². The van der Waals surface area contributed by atoms with Gasteiger partial charge in [-0.3, -0.25) is 0 Å². The van der Waals surface area contributed by atoms with Crippen LogP contribution >= 0.6 is 39.1 Å². The third kappa shape index (κ3) is 5.27. The minimum Gasteiger partial charge on any atom is -0.478 e. The van der Waals surface area contributed by atoms with Gasteiger partial charge in [-0.15, -0.1) is 0 Å². The molecule has 1 unspecified atom stereocenters. The zero-order valence-corrected chi connectivity index (χ0v) is 16.0. The number of rotatable bonds is 5. The van der Waals surface area contributed by atoms with Crippen LogP contribution < -0.4 is 0 Å². The summed E-state index contributed by atoms with van der Waals surface area (Å²) < 4.78 is 28.5. The average molecular weight is 450 g/mol. The molecule has 0 radical (unpaired) electrons. The Hall–Kier alpha value is -1.43. The Morgan fingerprint density at radius 1 is 1.20 bits per heavy atom. The van der Waals surface area contributed by atoms with Crippen molar-refractivity contribution in [3.63, 3.8) is 0 Å². The van der Waals surface area contributed by atoms with Crippen LogP contribution in [-0.2, 0) is 0 Å². The van der Waals surface area contributed by atoms with E-state index in [0.29, 0.717) is 15.6 Å². The van der Waals surface area contributed by atoms with E-state index < -0.39 is 17.8 Å². The molecule has 2 nitrogen and oxygen atoms in total. The van der Waals surface area contributed by atoms with Crippen LogP contribution in [0.25, 0.3) is 6.08 Å². The molecule has 1 N–H and O–H groups in total. The fraction of sp³-hybridized carbons (Fsp3) is 0.167. The fourth-order valence-corrected chi connectivity index (χ4v) is 3.45. The van der Waals surface area contributed by atoms with Gasteiger partial charge in [0.25, 0.3) is 5.92 Å². The topological polar surface area (TPSA) is 37.3 Å². The molecule has 2 rings (SSSR count). The molecule has 0 spiro atoms. The zero-order valence-electron chi connectivity index (χ0n) is 12.9. The Balaban J connectivity index is 2.39. The third-order valence-corrected chi connectivity index (χ3v) is 4.59. The van der Waals surface area contributed by atoms with E-state index in [4.69, 9.17) is 28.3 Å². The van der Waals surface area contributed by atoms with E-state index in [1.807, 2.05) is 0 Å². The fourth-order valence-electron chi connectivity index (χ4n) is 2.34. The number of carbonyl (C=O) groups is 1. The molecule has 1 atom stereocenters. The summed E-state index contributed by atoms with van der Waals surface area (Å²) >= 11 is 15.0. The van der Waals surface area contributed by atoms with Crippen LogP contribution in [0.2, 0.25) is 10.0 Å². The minimum absolute atomic E-state index is 0.0937. The van der Waals surface area contributed by atoms with Gasteiger partial charge in [-0.05, 0) is 57.4 Å². The second-order valence-corrected chi connectivity index (χ2v) is 7.27. The van der Waals surface area contributed by atoms with Crippen LogP contribution in [-0.4, -0.2) is 17.0 Å². The number of carboxylic acid groups (broad SMARTS) is 1. The number of halogens is 5. The second-order valence-electron chi connectivity index (χ2n) is 5.54.